The molecule has 0 heterocycles. The topological polar surface area (TPSA) is 18.5 Å². The summed E-state index contributed by atoms with van der Waals surface area (Å²) in [7, 11) is 0. The second kappa shape index (κ2) is 21.6. The van der Waals surface area contributed by atoms with Crippen molar-refractivity contribution in [1.82, 2.24) is 0 Å². The molecule has 0 bridgehead atoms. The van der Waals surface area contributed by atoms with Crippen LogP contribution in [0.1, 0.15) is 58.2 Å². The normalized spacial score (nSPS) is 8.61. The second-order valence-corrected chi connectivity index (χ2v) is 5.58. The van der Waals surface area contributed by atoms with Gasteiger partial charge in [0.15, 0.2) is 11.5 Å². The zero-order chi connectivity index (χ0) is 22.6. The molecule has 0 saturated carbocycles. The van der Waals surface area contributed by atoms with Crippen LogP contribution < -0.4 is 9.47 Å². The summed E-state index contributed by atoms with van der Waals surface area (Å²) in [6, 6.07) is 26.3. The van der Waals surface area contributed by atoms with Gasteiger partial charge in [-0.2, -0.15) is 6.42 Å². The van der Waals surface area contributed by atoms with E-state index in [1.165, 1.54) is 0 Å². The Kier molecular flexibility index (Phi) is 22.0. The fourth-order valence-electron chi connectivity index (χ4n) is 2.41. The van der Waals surface area contributed by atoms with Crippen molar-refractivity contribution in [2.24, 2.45) is 0 Å². The van der Waals surface area contributed by atoms with E-state index < -0.39 is 0 Å². The quantitative estimate of drug-likeness (QED) is 0.306. The Balaban J connectivity index is 0. The average Bonchev–Trinajstić information content (AvgIpc) is 2.86. The predicted octanol–water partition coefficient (Wildman–Crippen LogP) is 8.30. The Labute approximate surface area is 216 Å². The van der Waals surface area contributed by atoms with E-state index >= 15 is 0 Å². The molecule has 0 aliphatic carbocycles. The molecule has 0 spiro atoms. The number of rotatable bonds is 7. The van der Waals surface area contributed by atoms with E-state index in [4.69, 9.17) is 9.47 Å². The molecule has 0 unspecified atom stereocenters. The molecule has 0 N–H and O–H groups in total. The minimum absolute atomic E-state index is 0. The van der Waals surface area contributed by atoms with Crippen LogP contribution in [-0.4, -0.2) is 0 Å². The Morgan fingerprint density at radius 1 is 0.548 bits per heavy atom. The van der Waals surface area contributed by atoms with Crippen LogP contribution in [0.3, 0.4) is 0 Å². The smallest absolute Gasteiger partial charge is 0.161 e. The summed E-state index contributed by atoms with van der Waals surface area (Å²) in [6.45, 7) is 17.0. The van der Waals surface area contributed by atoms with Crippen LogP contribution in [0.5, 0.6) is 11.5 Å². The molecule has 0 amide bonds. The molecule has 1 radical (unpaired) electrons. The number of hydrogen-bond donors (Lipinski definition) is 0. The van der Waals surface area contributed by atoms with E-state index in [0.717, 1.165) is 34.6 Å². The fraction of sp³-hybridized carbons (Fsp3) is 0.321. The fourth-order valence-corrected chi connectivity index (χ4v) is 2.41. The van der Waals surface area contributed by atoms with E-state index in [1.54, 1.807) is 0 Å². The van der Waals surface area contributed by atoms with Gasteiger partial charge in [0, 0.05) is 32.7 Å². The van der Waals surface area contributed by atoms with Crippen LogP contribution in [-0.2, 0) is 52.3 Å². The predicted molar refractivity (Wildman–Crippen MR) is 131 cm³/mol. The van der Waals surface area contributed by atoms with Crippen LogP contribution in [0, 0.1) is 6.92 Å². The molecule has 0 saturated heterocycles. The third-order valence-electron chi connectivity index (χ3n) is 3.77. The number of benzene rings is 3. The van der Waals surface area contributed by atoms with Gasteiger partial charge in [-0.25, -0.2) is 0 Å². The van der Waals surface area contributed by atoms with Crippen molar-refractivity contribution in [2.45, 2.75) is 61.2 Å². The van der Waals surface area contributed by atoms with Crippen LogP contribution in [0.4, 0.5) is 0 Å². The molecule has 167 valence electrons. The molecule has 3 heteroatoms. The largest absolute Gasteiger partial charge is 0.485 e. The summed E-state index contributed by atoms with van der Waals surface area (Å²) < 4.78 is 12.0. The zero-order valence-electron chi connectivity index (χ0n) is 20.2. The first-order valence-corrected chi connectivity index (χ1v) is 11.1. The zero-order valence-corrected chi connectivity index (χ0v) is 23.1. The summed E-state index contributed by atoms with van der Waals surface area (Å²) in [6.07, 6.45) is 0.723. The van der Waals surface area contributed by atoms with Gasteiger partial charge in [-0.1, -0.05) is 114 Å². The Bertz CT molecular complexity index is 758. The maximum atomic E-state index is 6.00. The summed E-state index contributed by atoms with van der Waals surface area (Å²) in [4.78, 5) is 0. The van der Waals surface area contributed by atoms with Crippen molar-refractivity contribution < 1.29 is 42.2 Å². The van der Waals surface area contributed by atoms with Gasteiger partial charge in [0.2, 0.25) is 0 Å². The van der Waals surface area contributed by atoms with Gasteiger partial charge in [0.05, 0.1) is 0 Å². The molecule has 0 aliphatic heterocycles. The number of hydrogen-bond acceptors (Lipinski definition) is 2. The molecule has 3 rings (SSSR count). The van der Waals surface area contributed by atoms with E-state index in [2.05, 4.69) is 31.2 Å². The molecule has 2 nitrogen and oxygen atoms in total. The molecule has 0 aromatic heterocycles. The summed E-state index contributed by atoms with van der Waals surface area (Å²) in [5, 5.41) is 0. The van der Waals surface area contributed by atoms with Crippen LogP contribution >= 0.6 is 0 Å². The van der Waals surface area contributed by atoms with Crippen molar-refractivity contribution in [2.75, 3.05) is 0 Å². The van der Waals surface area contributed by atoms with E-state index in [1.807, 2.05) is 96.1 Å². The summed E-state index contributed by atoms with van der Waals surface area (Å²) >= 11 is 0. The minimum Gasteiger partial charge on any atom is -0.485 e. The van der Waals surface area contributed by atoms with Gasteiger partial charge in [-0.05, 0) is 23.3 Å². The molecule has 31 heavy (non-hydrogen) atoms. The van der Waals surface area contributed by atoms with Crippen molar-refractivity contribution in [1.29, 1.82) is 0 Å². The third kappa shape index (κ3) is 12.7. The maximum Gasteiger partial charge on any atom is 0.161 e. The monoisotopic (exact) mass is 496 g/mol. The average molecular weight is 497 g/mol. The Morgan fingerprint density at radius 3 is 1.39 bits per heavy atom. The van der Waals surface area contributed by atoms with Gasteiger partial charge in [0.25, 0.3) is 0 Å². The van der Waals surface area contributed by atoms with Crippen molar-refractivity contribution in [3.8, 4) is 11.5 Å². The van der Waals surface area contributed by atoms with Gasteiger partial charge in [-0.3, -0.25) is 0 Å². The molecule has 0 aliphatic rings. The maximum absolute atomic E-state index is 6.00. The molecule has 0 fully saturated rings. The standard InChI is InChI=1S/C22H21O2.3C2H6.Y/c1-2-18-13-14-21(23-16-19-9-5-3-6-10-19)22(15-18)24-17-20-11-7-4-8-12-20;3*1-2;/h3-15H,1-2,16-17H2;3*1-2H3;/q-1;;;;. The summed E-state index contributed by atoms with van der Waals surface area (Å²) in [5.74, 6) is 1.52. The van der Waals surface area contributed by atoms with Crippen molar-refractivity contribution >= 4 is 0 Å². The first-order valence-electron chi connectivity index (χ1n) is 11.1. The molecular weight excluding hydrogens is 457 g/mol. The molecule has 3 aromatic carbocycles. The van der Waals surface area contributed by atoms with Gasteiger partial charge < -0.3 is 16.4 Å². The second-order valence-electron chi connectivity index (χ2n) is 5.58. The molecule has 3 aromatic rings. The third-order valence-corrected chi connectivity index (χ3v) is 3.77. The van der Waals surface area contributed by atoms with Crippen molar-refractivity contribution in [3.63, 3.8) is 0 Å². The van der Waals surface area contributed by atoms with Gasteiger partial charge in [-0.15, -0.1) is 0 Å². The molecular formula is C28H39O2Y-. The summed E-state index contributed by atoms with van der Waals surface area (Å²) in [5.41, 5.74) is 3.39. The minimum atomic E-state index is 0. The van der Waals surface area contributed by atoms with Gasteiger partial charge in [0.1, 0.15) is 13.2 Å². The van der Waals surface area contributed by atoms with E-state index in [9.17, 15) is 0 Å². The number of ether oxygens (including phenoxy) is 2. The van der Waals surface area contributed by atoms with E-state index in [0.29, 0.717) is 13.2 Å². The Morgan fingerprint density at radius 2 is 0.968 bits per heavy atom. The van der Waals surface area contributed by atoms with Crippen LogP contribution in [0.15, 0.2) is 78.9 Å². The van der Waals surface area contributed by atoms with Crippen LogP contribution in [0.2, 0.25) is 0 Å². The van der Waals surface area contributed by atoms with Gasteiger partial charge >= 0.3 is 0 Å². The van der Waals surface area contributed by atoms with Crippen molar-refractivity contribution in [3.05, 3.63) is 102 Å². The first kappa shape index (κ1) is 31.5. The first-order chi connectivity index (χ1) is 14.8. The Hall–Kier alpha value is -1.64. The van der Waals surface area contributed by atoms with E-state index in [-0.39, 0.29) is 32.7 Å². The molecule has 0 atom stereocenters. The SMILES string of the molecule is CC.CC.CC.[CH2-]Cc1ccc(OCc2ccccc2)c(OCc2ccccc2)c1.[Y]. The van der Waals surface area contributed by atoms with Crippen LogP contribution in [0.25, 0.3) is 0 Å².